The summed E-state index contributed by atoms with van der Waals surface area (Å²) < 4.78 is 0. The fourth-order valence-corrected chi connectivity index (χ4v) is 4.80. The molecule has 0 aliphatic carbocycles. The Balaban J connectivity index is 0.000000244. The van der Waals surface area contributed by atoms with Crippen LogP contribution in [0.15, 0.2) is 115 Å². The first kappa shape index (κ1) is 42.8. The van der Waals surface area contributed by atoms with Gasteiger partial charge in [-0.1, -0.05) is 28.1 Å². The molecule has 0 saturated heterocycles. The van der Waals surface area contributed by atoms with Crippen molar-refractivity contribution in [3.05, 3.63) is 138 Å². The Morgan fingerprint density at radius 2 is 1.24 bits per heavy atom. The number of aromatic nitrogens is 6. The van der Waals surface area contributed by atoms with E-state index in [1.165, 1.54) is 6.92 Å². The van der Waals surface area contributed by atoms with Crippen LogP contribution in [0.5, 0.6) is 0 Å². The number of halogens is 3. The SMILES string of the molecule is BrBr.CC(=O)c1ccncc1.Cc1cccc(NC(N)=S)n1.Cc1cccc(Nc2nc(-c3ccncc3)cs2)n1.O=C(CBr)c1ccncc1. The second-order valence-electron chi connectivity index (χ2n) is 9.80. The maximum atomic E-state index is 10.9. The number of hydrogen-bond acceptors (Lipinski definition) is 11. The van der Waals surface area contributed by atoms with Gasteiger partial charge in [0.25, 0.3) is 0 Å². The summed E-state index contributed by atoms with van der Waals surface area (Å²) in [7, 11) is 0. The van der Waals surface area contributed by atoms with Crippen LogP contribution in [0.4, 0.5) is 16.8 Å². The van der Waals surface area contributed by atoms with Gasteiger partial charge in [0.2, 0.25) is 0 Å². The number of nitrogens with one attached hydrogen (secondary N) is 2. The molecule has 16 heteroatoms. The Bertz CT molecular complexity index is 1920. The van der Waals surface area contributed by atoms with Gasteiger partial charge >= 0.3 is 0 Å². The highest BCUT2D eigenvalue weighted by molar-refractivity contribution is 9.93. The second-order valence-corrected chi connectivity index (χ2v) is 11.7. The molecule has 0 radical (unpaired) electrons. The number of carbonyl (C=O) groups excluding carboxylic acids is 2. The summed E-state index contributed by atoms with van der Waals surface area (Å²) in [4.78, 5) is 46.2. The first-order chi connectivity index (χ1) is 24.6. The molecule has 0 aromatic carbocycles. The lowest BCUT2D eigenvalue weighted by molar-refractivity contribution is 0.101. The lowest BCUT2D eigenvalue weighted by Crippen LogP contribution is -2.19. The van der Waals surface area contributed by atoms with Crippen molar-refractivity contribution in [3.63, 3.8) is 0 Å². The first-order valence-corrected chi connectivity index (χ1v) is 20.9. The van der Waals surface area contributed by atoms with Crippen molar-refractivity contribution in [2.24, 2.45) is 5.73 Å². The molecule has 264 valence electrons. The molecule has 6 aromatic rings. The van der Waals surface area contributed by atoms with Crippen LogP contribution in [-0.2, 0) is 0 Å². The van der Waals surface area contributed by atoms with Gasteiger partial charge in [-0.25, -0.2) is 15.0 Å². The summed E-state index contributed by atoms with van der Waals surface area (Å²) >= 11 is 14.8. The number of nitrogens with zero attached hydrogens (tertiary/aromatic N) is 6. The molecule has 0 spiro atoms. The third-order valence-corrected chi connectivity index (χ3v) is 7.32. The highest BCUT2D eigenvalue weighted by atomic mass is 80.9. The number of ketones is 2. The average Bonchev–Trinajstić information content (AvgIpc) is 3.62. The molecule has 0 aliphatic heterocycles. The van der Waals surface area contributed by atoms with E-state index in [-0.39, 0.29) is 16.7 Å². The molecule has 0 amide bonds. The highest BCUT2D eigenvalue weighted by Gasteiger charge is 2.05. The van der Waals surface area contributed by atoms with Crippen molar-refractivity contribution < 1.29 is 9.59 Å². The fraction of sp³-hybridized carbons (Fsp3) is 0.114. The van der Waals surface area contributed by atoms with Gasteiger partial charge in [0, 0.05) is 98.9 Å². The summed E-state index contributed by atoms with van der Waals surface area (Å²) in [6.07, 6.45) is 9.97. The quantitative estimate of drug-likeness (QED) is 0.0792. The number of hydrogen-bond donors (Lipinski definition) is 3. The number of rotatable bonds is 7. The van der Waals surface area contributed by atoms with E-state index >= 15 is 0 Å². The van der Waals surface area contributed by atoms with Crippen molar-refractivity contribution in [2.75, 3.05) is 16.0 Å². The van der Waals surface area contributed by atoms with Crippen molar-refractivity contribution in [3.8, 4) is 11.3 Å². The number of pyridine rings is 5. The summed E-state index contributed by atoms with van der Waals surface area (Å²) in [6.45, 7) is 5.41. The van der Waals surface area contributed by atoms with Crippen LogP contribution < -0.4 is 16.4 Å². The van der Waals surface area contributed by atoms with Gasteiger partial charge in [-0.05, 0) is 93.7 Å². The van der Waals surface area contributed by atoms with Crippen LogP contribution in [0.25, 0.3) is 11.3 Å². The Morgan fingerprint density at radius 1 is 0.745 bits per heavy atom. The number of anilines is 3. The summed E-state index contributed by atoms with van der Waals surface area (Å²) in [5.74, 6) is 1.67. The highest BCUT2D eigenvalue weighted by Crippen LogP contribution is 2.26. The van der Waals surface area contributed by atoms with Gasteiger partial charge in [0.15, 0.2) is 21.8 Å². The Hall–Kier alpha value is -4.35. The van der Waals surface area contributed by atoms with E-state index in [1.807, 2.05) is 67.8 Å². The number of Topliss-reactive ketones (excluding diaryl/α,β-unsaturated/α-hetero) is 2. The average molecular weight is 917 g/mol. The predicted molar refractivity (Wildman–Crippen MR) is 221 cm³/mol. The largest absolute Gasteiger partial charge is 0.376 e. The first-order valence-electron chi connectivity index (χ1n) is 14.8. The second kappa shape index (κ2) is 24.7. The molecule has 6 aromatic heterocycles. The van der Waals surface area contributed by atoms with Crippen molar-refractivity contribution >= 4 is 101 Å². The van der Waals surface area contributed by atoms with Crippen LogP contribution in [0.1, 0.15) is 39.0 Å². The van der Waals surface area contributed by atoms with E-state index in [0.717, 1.165) is 33.6 Å². The number of nitrogens with two attached hydrogens (primary N) is 1. The minimum Gasteiger partial charge on any atom is -0.376 e. The molecule has 11 nitrogen and oxygen atoms in total. The fourth-order valence-electron chi connectivity index (χ4n) is 3.65. The lowest BCUT2D eigenvalue weighted by atomic mass is 10.2. The molecule has 0 unspecified atom stereocenters. The van der Waals surface area contributed by atoms with Crippen molar-refractivity contribution in [1.82, 2.24) is 29.9 Å². The molecule has 6 rings (SSSR count). The Kier molecular flexibility index (Phi) is 20.8. The van der Waals surface area contributed by atoms with E-state index in [4.69, 9.17) is 5.73 Å². The topological polar surface area (TPSA) is 162 Å². The Morgan fingerprint density at radius 3 is 1.71 bits per heavy atom. The number of thiazole rings is 1. The van der Waals surface area contributed by atoms with Crippen LogP contribution in [0, 0.1) is 13.8 Å². The minimum absolute atomic E-state index is 0.0809. The van der Waals surface area contributed by atoms with E-state index in [9.17, 15) is 9.59 Å². The molecule has 51 heavy (non-hydrogen) atoms. The van der Waals surface area contributed by atoms with E-state index in [0.29, 0.717) is 22.3 Å². The van der Waals surface area contributed by atoms with Gasteiger partial charge in [-0.15, -0.1) is 11.3 Å². The van der Waals surface area contributed by atoms with Crippen molar-refractivity contribution in [1.29, 1.82) is 0 Å². The number of thiocarbonyl (C=S) groups is 1. The van der Waals surface area contributed by atoms with E-state index in [2.05, 4.69) is 96.9 Å². The van der Waals surface area contributed by atoms with E-state index in [1.54, 1.807) is 72.8 Å². The van der Waals surface area contributed by atoms with Crippen LogP contribution in [0.2, 0.25) is 0 Å². The van der Waals surface area contributed by atoms with Crippen molar-refractivity contribution in [2.45, 2.75) is 20.8 Å². The zero-order chi connectivity index (χ0) is 37.4. The molecule has 0 aliphatic rings. The summed E-state index contributed by atoms with van der Waals surface area (Å²) in [5, 5.41) is 9.43. The molecule has 6 heterocycles. The maximum absolute atomic E-state index is 10.9. The van der Waals surface area contributed by atoms with Crippen LogP contribution >= 0.6 is 67.7 Å². The number of alkyl halides is 1. The van der Waals surface area contributed by atoms with Gasteiger partial charge < -0.3 is 16.4 Å². The lowest BCUT2D eigenvalue weighted by Gasteiger charge is -2.01. The molecule has 0 fully saturated rings. The normalized spacial score (nSPS) is 9.37. The molecule has 0 bridgehead atoms. The third kappa shape index (κ3) is 17.4. The van der Waals surface area contributed by atoms with Gasteiger partial charge in [-0.2, -0.15) is 0 Å². The summed E-state index contributed by atoms with van der Waals surface area (Å²) in [5.41, 5.74) is 10.6. The monoisotopic (exact) mass is 913 g/mol. The predicted octanol–water partition coefficient (Wildman–Crippen LogP) is 9.33. The third-order valence-electron chi connectivity index (χ3n) is 5.95. The smallest absolute Gasteiger partial charge is 0.188 e. The number of aryl methyl sites for hydroxylation is 2. The molecular weight excluding hydrogens is 882 g/mol. The molecule has 4 N–H and O–H groups in total. The number of carbonyl (C=O) groups is 2. The molecule has 0 saturated carbocycles. The van der Waals surface area contributed by atoms with Gasteiger partial charge in [0.1, 0.15) is 11.6 Å². The maximum Gasteiger partial charge on any atom is 0.188 e. The van der Waals surface area contributed by atoms with Crippen LogP contribution in [-0.4, -0.2) is 51.9 Å². The standard InChI is InChI=1S/C14H12N4S.C7H6BrNO.C7H9N3S.C7H7NO.Br2/c1-10-3-2-4-13(16-10)18-14-17-12(9-19-14)11-5-7-15-8-6-11;8-5-7(10)6-1-3-9-4-2-6;1-5-3-2-4-6(9-5)10-7(8)11;1-6(9)7-2-4-8-5-3-7;1-2/h2-9H,1H3,(H,16,17,18);1-4H,5H2;2-4H,1H3,(H3,8,9,10,11);2-5H,1H3;. The summed E-state index contributed by atoms with van der Waals surface area (Å²) in [6, 6.07) is 22.2. The minimum atomic E-state index is 0.0809. The van der Waals surface area contributed by atoms with Crippen LogP contribution in [0.3, 0.4) is 0 Å². The van der Waals surface area contributed by atoms with Gasteiger partial charge in [-0.3, -0.25) is 24.5 Å². The molecular formula is C35H34Br3N9O2S2. The zero-order valence-corrected chi connectivity index (χ0v) is 34.1. The molecule has 0 atom stereocenters. The van der Waals surface area contributed by atoms with E-state index < -0.39 is 0 Å². The van der Waals surface area contributed by atoms with Gasteiger partial charge in [0.05, 0.1) is 11.0 Å². The zero-order valence-electron chi connectivity index (χ0n) is 27.7. The Labute approximate surface area is 330 Å².